The molecule has 0 fully saturated rings. The Morgan fingerprint density at radius 2 is 1.81 bits per heavy atom. The van der Waals surface area contributed by atoms with Crippen LogP contribution in [0.2, 0.25) is 0 Å². The number of rotatable bonds is 7. The summed E-state index contributed by atoms with van der Waals surface area (Å²) >= 11 is 0. The fraction of sp³-hybridized carbons (Fsp3) is 0.533. The molecule has 0 unspecified atom stereocenters. The van der Waals surface area contributed by atoms with Gasteiger partial charge in [-0.15, -0.1) is 0 Å². The Morgan fingerprint density at radius 1 is 1.14 bits per heavy atom. The molecule has 0 saturated carbocycles. The van der Waals surface area contributed by atoms with Crippen LogP contribution < -0.4 is 10.6 Å². The molecule has 1 aromatic rings. The van der Waals surface area contributed by atoms with E-state index in [4.69, 9.17) is 0 Å². The second-order valence-corrected chi connectivity index (χ2v) is 6.99. The number of nitrogens with one attached hydrogen (secondary N) is 2. The van der Waals surface area contributed by atoms with Gasteiger partial charge in [-0.05, 0) is 24.1 Å². The largest absolute Gasteiger partial charge is 0.356 e. The minimum absolute atomic E-state index is 0.341. The first kappa shape index (κ1) is 17.5. The van der Waals surface area contributed by atoms with Crippen LogP contribution in [0.3, 0.4) is 0 Å². The topological polar surface area (TPSA) is 70.6 Å². The van der Waals surface area contributed by atoms with Gasteiger partial charge in [-0.2, -0.15) is 0 Å². The van der Waals surface area contributed by atoms with Crippen LogP contribution >= 0.6 is 0 Å². The Labute approximate surface area is 127 Å². The minimum Gasteiger partial charge on any atom is -0.356 e. The van der Waals surface area contributed by atoms with E-state index in [1.54, 1.807) is 19.2 Å². The summed E-state index contributed by atoms with van der Waals surface area (Å²) in [6.07, 6.45) is 4.74. The third kappa shape index (κ3) is 6.62. The van der Waals surface area contributed by atoms with Crippen molar-refractivity contribution in [2.75, 3.05) is 19.8 Å². The lowest BCUT2D eigenvalue weighted by Gasteiger charge is -2.12. The summed E-state index contributed by atoms with van der Waals surface area (Å²) in [4.78, 5) is 4.50. The predicted molar refractivity (Wildman–Crippen MR) is 87.3 cm³/mol. The van der Waals surface area contributed by atoms with Crippen molar-refractivity contribution in [3.05, 3.63) is 29.8 Å². The molecule has 1 rings (SSSR count). The molecule has 21 heavy (non-hydrogen) atoms. The summed E-state index contributed by atoms with van der Waals surface area (Å²) in [5, 5.41) is 6.46. The van der Waals surface area contributed by atoms with E-state index < -0.39 is 9.84 Å². The number of unbranched alkanes of at least 4 members (excludes halogenated alkanes) is 2. The van der Waals surface area contributed by atoms with Gasteiger partial charge in [-0.3, -0.25) is 4.99 Å². The smallest absolute Gasteiger partial charge is 0.191 e. The first-order valence-electron chi connectivity index (χ1n) is 7.21. The minimum atomic E-state index is -3.13. The lowest BCUT2D eigenvalue weighted by Crippen LogP contribution is -2.37. The number of hydrogen-bond acceptors (Lipinski definition) is 3. The summed E-state index contributed by atoms with van der Waals surface area (Å²) in [6, 6.07) is 6.88. The summed E-state index contributed by atoms with van der Waals surface area (Å²) in [7, 11) is -1.39. The summed E-state index contributed by atoms with van der Waals surface area (Å²) in [5.74, 6) is 0.762. The standard InChI is InChI=1S/C15H25N3O2S/c1-4-5-6-11-17-15(16-2)18-12-13-7-9-14(10-8-13)21(3,19)20/h7-10H,4-6,11-12H2,1-3H3,(H2,16,17,18). The van der Waals surface area contributed by atoms with Crippen LogP contribution in [0.5, 0.6) is 0 Å². The molecular formula is C15H25N3O2S. The highest BCUT2D eigenvalue weighted by atomic mass is 32.2. The highest BCUT2D eigenvalue weighted by Gasteiger charge is 2.06. The molecule has 0 spiro atoms. The molecule has 0 heterocycles. The average Bonchev–Trinajstić information content (AvgIpc) is 2.46. The van der Waals surface area contributed by atoms with Gasteiger partial charge in [0.15, 0.2) is 15.8 Å². The highest BCUT2D eigenvalue weighted by Crippen LogP contribution is 2.10. The SMILES string of the molecule is CCCCCNC(=NC)NCc1ccc(S(C)(=O)=O)cc1. The van der Waals surface area contributed by atoms with Gasteiger partial charge in [-0.1, -0.05) is 31.9 Å². The Hall–Kier alpha value is -1.56. The third-order valence-electron chi connectivity index (χ3n) is 3.11. The number of aliphatic imine (C=N–C) groups is 1. The van der Waals surface area contributed by atoms with Crippen LogP contribution in [0.1, 0.15) is 31.7 Å². The van der Waals surface area contributed by atoms with E-state index in [0.29, 0.717) is 11.4 Å². The molecule has 0 aromatic heterocycles. The molecule has 0 bridgehead atoms. The van der Waals surface area contributed by atoms with Crippen LogP contribution in [0, 0.1) is 0 Å². The summed E-state index contributed by atoms with van der Waals surface area (Å²) in [5.41, 5.74) is 1.01. The van der Waals surface area contributed by atoms with Crippen molar-refractivity contribution in [1.29, 1.82) is 0 Å². The quantitative estimate of drug-likeness (QED) is 0.459. The van der Waals surface area contributed by atoms with Gasteiger partial charge in [0, 0.05) is 26.4 Å². The van der Waals surface area contributed by atoms with Gasteiger partial charge in [0.05, 0.1) is 4.90 Å². The van der Waals surface area contributed by atoms with Crippen molar-refractivity contribution in [2.45, 2.75) is 37.6 Å². The number of guanidine groups is 1. The van der Waals surface area contributed by atoms with E-state index in [1.165, 1.54) is 19.1 Å². The van der Waals surface area contributed by atoms with E-state index in [9.17, 15) is 8.42 Å². The molecule has 0 aliphatic rings. The number of hydrogen-bond donors (Lipinski definition) is 2. The maximum Gasteiger partial charge on any atom is 0.191 e. The molecule has 6 heteroatoms. The lowest BCUT2D eigenvalue weighted by molar-refractivity contribution is 0.602. The van der Waals surface area contributed by atoms with E-state index in [0.717, 1.165) is 24.5 Å². The van der Waals surface area contributed by atoms with E-state index in [-0.39, 0.29) is 0 Å². The van der Waals surface area contributed by atoms with Gasteiger partial charge >= 0.3 is 0 Å². The summed E-state index contributed by atoms with van der Waals surface area (Å²) in [6.45, 7) is 3.69. The maximum atomic E-state index is 11.4. The zero-order valence-electron chi connectivity index (χ0n) is 13.0. The molecule has 0 aliphatic heterocycles. The fourth-order valence-corrected chi connectivity index (χ4v) is 2.47. The number of sulfone groups is 1. The normalized spacial score (nSPS) is 12.2. The van der Waals surface area contributed by atoms with Crippen molar-refractivity contribution in [2.24, 2.45) is 4.99 Å². The Bertz CT molecular complexity index is 551. The van der Waals surface area contributed by atoms with E-state index >= 15 is 0 Å². The monoisotopic (exact) mass is 311 g/mol. The van der Waals surface area contributed by atoms with Crippen LogP contribution in [0.4, 0.5) is 0 Å². The lowest BCUT2D eigenvalue weighted by atomic mass is 10.2. The van der Waals surface area contributed by atoms with Gasteiger partial charge in [0.25, 0.3) is 0 Å². The Kier molecular flexibility index (Phi) is 7.22. The van der Waals surface area contributed by atoms with Gasteiger partial charge in [0.2, 0.25) is 0 Å². The second-order valence-electron chi connectivity index (χ2n) is 4.98. The van der Waals surface area contributed by atoms with Crippen LogP contribution in [-0.4, -0.2) is 34.2 Å². The van der Waals surface area contributed by atoms with Crippen LogP contribution in [0.25, 0.3) is 0 Å². The first-order valence-corrected chi connectivity index (χ1v) is 9.10. The molecule has 2 N–H and O–H groups in total. The summed E-state index contributed by atoms with van der Waals surface area (Å²) < 4.78 is 22.8. The van der Waals surface area contributed by atoms with Crippen LogP contribution in [-0.2, 0) is 16.4 Å². The molecule has 0 aliphatic carbocycles. The van der Waals surface area contributed by atoms with Crippen LogP contribution in [0.15, 0.2) is 34.2 Å². The van der Waals surface area contributed by atoms with Crippen molar-refractivity contribution in [3.63, 3.8) is 0 Å². The van der Waals surface area contributed by atoms with Gasteiger partial charge in [-0.25, -0.2) is 8.42 Å². The third-order valence-corrected chi connectivity index (χ3v) is 4.24. The Morgan fingerprint density at radius 3 is 2.33 bits per heavy atom. The van der Waals surface area contributed by atoms with E-state index in [1.807, 2.05) is 12.1 Å². The zero-order chi connectivity index (χ0) is 15.7. The highest BCUT2D eigenvalue weighted by molar-refractivity contribution is 7.90. The maximum absolute atomic E-state index is 11.4. The van der Waals surface area contributed by atoms with E-state index in [2.05, 4.69) is 22.5 Å². The molecule has 5 nitrogen and oxygen atoms in total. The molecule has 0 amide bonds. The van der Waals surface area contributed by atoms with Crippen molar-refractivity contribution < 1.29 is 8.42 Å². The number of nitrogens with zero attached hydrogens (tertiary/aromatic N) is 1. The zero-order valence-corrected chi connectivity index (χ0v) is 13.8. The molecule has 0 radical (unpaired) electrons. The molecule has 0 saturated heterocycles. The second kappa shape index (κ2) is 8.67. The van der Waals surface area contributed by atoms with Crippen molar-refractivity contribution in [1.82, 2.24) is 10.6 Å². The van der Waals surface area contributed by atoms with Crippen molar-refractivity contribution in [3.8, 4) is 0 Å². The molecule has 1 aromatic carbocycles. The van der Waals surface area contributed by atoms with Gasteiger partial charge in [0.1, 0.15) is 0 Å². The number of benzene rings is 1. The molecule has 0 atom stereocenters. The molecular weight excluding hydrogens is 286 g/mol. The van der Waals surface area contributed by atoms with Crippen molar-refractivity contribution >= 4 is 15.8 Å². The first-order chi connectivity index (χ1) is 9.97. The molecule has 118 valence electrons. The van der Waals surface area contributed by atoms with Gasteiger partial charge < -0.3 is 10.6 Å². The fourth-order valence-electron chi connectivity index (χ4n) is 1.84. The predicted octanol–water partition coefficient (Wildman–Crippen LogP) is 1.95. The Balaban J connectivity index is 2.46. The average molecular weight is 311 g/mol.